The second kappa shape index (κ2) is 4.49. The molecule has 0 bridgehead atoms. The molecular weight excluding hydrogens is 288 g/mol. The molecule has 0 amide bonds. The highest BCUT2D eigenvalue weighted by Crippen LogP contribution is 2.63. The van der Waals surface area contributed by atoms with Crippen molar-refractivity contribution in [2.75, 3.05) is 6.61 Å². The summed E-state index contributed by atoms with van der Waals surface area (Å²) >= 11 is 0. The number of fused-ring (bicyclic) bond motifs is 3. The minimum atomic E-state index is -0.259. The first-order valence-electron chi connectivity index (χ1n) is 9.17. The first-order valence-corrected chi connectivity index (χ1v) is 9.17. The van der Waals surface area contributed by atoms with Crippen molar-refractivity contribution in [2.45, 2.75) is 77.6 Å². The van der Waals surface area contributed by atoms with Gasteiger partial charge in [-0.1, -0.05) is 26.8 Å². The molecule has 4 aliphatic rings. The van der Waals surface area contributed by atoms with Gasteiger partial charge in [0.2, 0.25) is 0 Å². The van der Waals surface area contributed by atoms with Crippen LogP contribution in [-0.4, -0.2) is 29.7 Å². The van der Waals surface area contributed by atoms with Gasteiger partial charge in [0.15, 0.2) is 5.78 Å². The van der Waals surface area contributed by atoms with Gasteiger partial charge in [-0.3, -0.25) is 4.79 Å². The van der Waals surface area contributed by atoms with Crippen LogP contribution in [0.1, 0.15) is 60.3 Å². The number of ketones is 1. The standard InChI is InChI=1S/C20H30O3/c1-17(2)13-6-10-19(4)14(18(13,3)9-8-15(17)21)7-11-20(5,23-19)16-12-22-16/h8-9,13-14,16H,6-7,10-12H2,1-5H3/t13-,14+,16+,18-,19+,20-/m1/s1. The van der Waals surface area contributed by atoms with Crippen LogP contribution in [0.25, 0.3) is 0 Å². The predicted molar refractivity (Wildman–Crippen MR) is 89.1 cm³/mol. The predicted octanol–water partition coefficient (Wildman–Crippen LogP) is 3.91. The zero-order valence-corrected chi connectivity index (χ0v) is 15.1. The van der Waals surface area contributed by atoms with Crippen molar-refractivity contribution >= 4 is 5.78 Å². The molecule has 2 aliphatic carbocycles. The molecule has 1 saturated carbocycles. The molecule has 6 atom stereocenters. The Bertz CT molecular complexity index is 575. The van der Waals surface area contributed by atoms with Crippen molar-refractivity contribution in [1.82, 2.24) is 0 Å². The van der Waals surface area contributed by atoms with Crippen molar-refractivity contribution in [2.24, 2.45) is 22.7 Å². The molecule has 4 rings (SSSR count). The molecule has 0 aromatic rings. The Morgan fingerprint density at radius 2 is 1.61 bits per heavy atom. The van der Waals surface area contributed by atoms with Crippen molar-refractivity contribution < 1.29 is 14.3 Å². The highest BCUT2D eigenvalue weighted by molar-refractivity contribution is 5.95. The van der Waals surface area contributed by atoms with Crippen LogP contribution >= 0.6 is 0 Å². The van der Waals surface area contributed by atoms with Crippen LogP contribution in [0.5, 0.6) is 0 Å². The third-order valence-corrected chi connectivity index (χ3v) is 7.68. The number of carbonyl (C=O) groups excluding carboxylic acids is 1. The third kappa shape index (κ3) is 2.05. The van der Waals surface area contributed by atoms with Crippen LogP contribution in [-0.2, 0) is 14.3 Å². The molecule has 23 heavy (non-hydrogen) atoms. The van der Waals surface area contributed by atoms with Gasteiger partial charge >= 0.3 is 0 Å². The highest BCUT2D eigenvalue weighted by Gasteiger charge is 2.63. The van der Waals surface area contributed by atoms with E-state index in [1.165, 1.54) is 0 Å². The molecule has 0 radical (unpaired) electrons. The van der Waals surface area contributed by atoms with Crippen molar-refractivity contribution in [3.8, 4) is 0 Å². The van der Waals surface area contributed by atoms with E-state index in [1.54, 1.807) is 0 Å². The van der Waals surface area contributed by atoms with E-state index in [9.17, 15) is 4.79 Å². The molecule has 0 N–H and O–H groups in total. The van der Waals surface area contributed by atoms with E-state index in [4.69, 9.17) is 9.47 Å². The van der Waals surface area contributed by atoms with Crippen molar-refractivity contribution in [3.63, 3.8) is 0 Å². The molecule has 0 aromatic heterocycles. The SMILES string of the molecule is CC1(C)C(=O)C=C[C@]2(C)[C@@H]1CC[C@]1(C)O[C@@](C)([C@@H]3CO3)CC[C@@H]21. The lowest BCUT2D eigenvalue weighted by atomic mass is 9.46. The second-order valence-corrected chi connectivity index (χ2v) is 9.52. The Labute approximate surface area is 139 Å². The minimum absolute atomic E-state index is 0.0517. The van der Waals surface area contributed by atoms with E-state index >= 15 is 0 Å². The summed E-state index contributed by atoms with van der Waals surface area (Å²) < 4.78 is 12.3. The van der Waals surface area contributed by atoms with Crippen LogP contribution in [0.2, 0.25) is 0 Å². The Kier molecular flexibility index (Phi) is 3.09. The van der Waals surface area contributed by atoms with E-state index < -0.39 is 0 Å². The maximum absolute atomic E-state index is 12.4. The van der Waals surface area contributed by atoms with Gasteiger partial charge in [0.1, 0.15) is 6.10 Å². The lowest BCUT2D eigenvalue weighted by Gasteiger charge is -2.63. The summed E-state index contributed by atoms with van der Waals surface area (Å²) in [5, 5.41) is 0. The molecule has 0 aromatic carbocycles. The van der Waals surface area contributed by atoms with Gasteiger partial charge in [-0.25, -0.2) is 0 Å². The average molecular weight is 318 g/mol. The molecule has 2 heterocycles. The minimum Gasteiger partial charge on any atom is -0.370 e. The summed E-state index contributed by atoms with van der Waals surface area (Å²) in [6.07, 6.45) is 8.67. The van der Waals surface area contributed by atoms with E-state index in [1.807, 2.05) is 6.08 Å². The van der Waals surface area contributed by atoms with Gasteiger partial charge in [0.05, 0.1) is 17.8 Å². The zero-order valence-electron chi connectivity index (χ0n) is 15.1. The monoisotopic (exact) mass is 318 g/mol. The first kappa shape index (κ1) is 15.8. The van der Waals surface area contributed by atoms with Gasteiger partial charge in [0.25, 0.3) is 0 Å². The van der Waals surface area contributed by atoms with E-state index in [0.29, 0.717) is 11.8 Å². The highest BCUT2D eigenvalue weighted by atomic mass is 16.6. The third-order valence-electron chi connectivity index (χ3n) is 7.68. The molecule has 2 aliphatic heterocycles. The van der Waals surface area contributed by atoms with Gasteiger partial charge in [-0.2, -0.15) is 0 Å². The van der Waals surface area contributed by atoms with E-state index in [2.05, 4.69) is 40.7 Å². The number of epoxide rings is 1. The lowest BCUT2D eigenvalue weighted by molar-refractivity contribution is -0.254. The summed E-state index contributed by atoms with van der Waals surface area (Å²) in [7, 11) is 0. The van der Waals surface area contributed by atoms with Gasteiger partial charge < -0.3 is 9.47 Å². The average Bonchev–Trinajstić information content (AvgIpc) is 3.27. The zero-order chi connectivity index (χ0) is 16.7. The second-order valence-electron chi connectivity index (χ2n) is 9.52. The van der Waals surface area contributed by atoms with E-state index in [0.717, 1.165) is 32.3 Å². The largest absolute Gasteiger partial charge is 0.370 e. The maximum atomic E-state index is 12.4. The molecule has 3 nitrogen and oxygen atoms in total. The van der Waals surface area contributed by atoms with Crippen molar-refractivity contribution in [3.05, 3.63) is 12.2 Å². The number of hydrogen-bond donors (Lipinski definition) is 0. The molecule has 3 fully saturated rings. The maximum Gasteiger partial charge on any atom is 0.161 e. The van der Waals surface area contributed by atoms with E-state index in [-0.39, 0.29) is 33.9 Å². The summed E-state index contributed by atoms with van der Waals surface area (Å²) in [5.41, 5.74) is -0.440. The number of carbonyl (C=O) groups is 1. The van der Waals surface area contributed by atoms with Crippen LogP contribution in [0.4, 0.5) is 0 Å². The van der Waals surface area contributed by atoms with Crippen LogP contribution in [0.3, 0.4) is 0 Å². The number of ether oxygens (including phenoxy) is 2. The van der Waals surface area contributed by atoms with Crippen LogP contribution < -0.4 is 0 Å². The van der Waals surface area contributed by atoms with Gasteiger partial charge in [0, 0.05) is 5.41 Å². The molecule has 0 spiro atoms. The fourth-order valence-corrected chi connectivity index (χ4v) is 6.21. The summed E-state index contributed by atoms with van der Waals surface area (Å²) in [6, 6.07) is 0. The number of hydrogen-bond acceptors (Lipinski definition) is 3. The van der Waals surface area contributed by atoms with Gasteiger partial charge in [-0.15, -0.1) is 0 Å². The Hall–Kier alpha value is -0.670. The Morgan fingerprint density at radius 1 is 1.00 bits per heavy atom. The molecule has 2 saturated heterocycles. The number of rotatable bonds is 1. The summed E-state index contributed by atoms with van der Waals surface area (Å²) in [4.78, 5) is 12.4. The fourth-order valence-electron chi connectivity index (χ4n) is 6.21. The molecule has 128 valence electrons. The fraction of sp³-hybridized carbons (Fsp3) is 0.850. The van der Waals surface area contributed by atoms with Crippen LogP contribution in [0, 0.1) is 22.7 Å². The normalized spacial score (nSPS) is 54.3. The number of allylic oxidation sites excluding steroid dienone is 2. The first-order chi connectivity index (χ1) is 10.6. The topological polar surface area (TPSA) is 38.8 Å². The molecular formula is C20H30O3. The Morgan fingerprint density at radius 3 is 2.26 bits per heavy atom. The lowest BCUT2D eigenvalue weighted by Crippen LogP contribution is -2.63. The van der Waals surface area contributed by atoms with Crippen LogP contribution in [0.15, 0.2) is 12.2 Å². The smallest absolute Gasteiger partial charge is 0.161 e. The van der Waals surface area contributed by atoms with Gasteiger partial charge in [-0.05, 0) is 62.9 Å². The van der Waals surface area contributed by atoms with Crippen molar-refractivity contribution in [1.29, 1.82) is 0 Å². The molecule has 0 unspecified atom stereocenters. The molecule has 3 heteroatoms. The Balaban J connectivity index is 1.70. The summed E-state index contributed by atoms with van der Waals surface area (Å²) in [5.74, 6) is 1.18. The summed E-state index contributed by atoms with van der Waals surface area (Å²) in [6.45, 7) is 12.0. The quantitative estimate of drug-likeness (QED) is 0.688.